The Morgan fingerprint density at radius 3 is 2.50 bits per heavy atom. The molecule has 0 aliphatic heterocycles. The minimum Gasteiger partial charge on any atom is -0.508 e. The van der Waals surface area contributed by atoms with E-state index in [1.807, 2.05) is 54.6 Å². The second-order valence-electron chi connectivity index (χ2n) is 7.48. The minimum atomic E-state index is -0.967. The molecular formula is C26H27N3O5. The van der Waals surface area contributed by atoms with Gasteiger partial charge in [0.1, 0.15) is 18.0 Å². The van der Waals surface area contributed by atoms with Gasteiger partial charge in [-0.05, 0) is 42.0 Å². The van der Waals surface area contributed by atoms with Crippen LogP contribution < -0.4 is 15.5 Å². The smallest absolute Gasteiger partial charge is 0.323 e. The largest absolute Gasteiger partial charge is 0.508 e. The van der Waals surface area contributed by atoms with Crippen LogP contribution in [0.15, 0.2) is 96.1 Å². The zero-order valence-corrected chi connectivity index (χ0v) is 18.6. The van der Waals surface area contributed by atoms with E-state index in [4.69, 9.17) is 15.5 Å². The highest BCUT2D eigenvalue weighted by atomic mass is 16.6. The molecule has 0 radical (unpaired) electrons. The van der Waals surface area contributed by atoms with Crippen LogP contribution in [0.2, 0.25) is 0 Å². The summed E-state index contributed by atoms with van der Waals surface area (Å²) in [4.78, 5) is 22.2. The molecule has 0 aromatic heterocycles. The number of nitrogens with zero attached hydrogens (tertiary/aromatic N) is 2. The number of carboxylic acids is 1. The van der Waals surface area contributed by atoms with Crippen molar-refractivity contribution in [1.82, 2.24) is 0 Å². The number of phenols is 1. The van der Waals surface area contributed by atoms with Gasteiger partial charge < -0.3 is 24.7 Å². The molecule has 3 rings (SSSR count). The maximum atomic E-state index is 11.4. The van der Waals surface area contributed by atoms with Crippen LogP contribution >= 0.6 is 0 Å². The topological polar surface area (TPSA) is 118 Å². The van der Waals surface area contributed by atoms with Gasteiger partial charge in [-0.15, -0.1) is 0 Å². The normalized spacial score (nSPS) is 11.0. The minimum absolute atomic E-state index is 0.0725. The van der Waals surface area contributed by atoms with Crippen LogP contribution in [0.4, 0.5) is 5.69 Å². The first-order valence-corrected chi connectivity index (χ1v) is 10.6. The molecule has 0 atom stereocenters. The molecule has 0 saturated heterocycles. The molecule has 8 nitrogen and oxygen atoms in total. The van der Waals surface area contributed by atoms with Gasteiger partial charge in [0.15, 0.2) is 0 Å². The number of carboxylic acid groups (broad SMARTS) is 1. The highest BCUT2D eigenvalue weighted by molar-refractivity contribution is 5.94. The van der Waals surface area contributed by atoms with Crippen LogP contribution in [0.1, 0.15) is 17.5 Å². The number of anilines is 1. The lowest BCUT2D eigenvalue weighted by molar-refractivity contribution is -0.135. The summed E-state index contributed by atoms with van der Waals surface area (Å²) in [6.45, 7) is 4.40. The molecule has 0 saturated carbocycles. The van der Waals surface area contributed by atoms with Gasteiger partial charge in [-0.1, -0.05) is 43.0 Å². The number of aliphatic carboxylic acids is 1. The van der Waals surface area contributed by atoms with Gasteiger partial charge >= 0.3 is 5.97 Å². The molecule has 0 heterocycles. The SMILES string of the molecule is C=C(CCOc1cccc(CN(CC(=O)O)c2cccc(O)c2)c1)/N=C(\ON)c1ccccc1. The van der Waals surface area contributed by atoms with Crippen molar-refractivity contribution in [3.63, 3.8) is 0 Å². The van der Waals surface area contributed by atoms with Gasteiger partial charge in [-0.3, -0.25) is 4.79 Å². The van der Waals surface area contributed by atoms with Crippen molar-refractivity contribution >= 4 is 17.6 Å². The van der Waals surface area contributed by atoms with Crippen molar-refractivity contribution in [2.75, 3.05) is 18.1 Å². The molecular weight excluding hydrogens is 434 g/mol. The average Bonchev–Trinajstić information content (AvgIpc) is 2.83. The quantitative estimate of drug-likeness (QED) is 0.223. The number of rotatable bonds is 11. The van der Waals surface area contributed by atoms with Crippen molar-refractivity contribution in [2.45, 2.75) is 13.0 Å². The van der Waals surface area contributed by atoms with Crippen LogP contribution in [0, 0.1) is 0 Å². The Balaban J connectivity index is 1.61. The molecule has 34 heavy (non-hydrogen) atoms. The summed E-state index contributed by atoms with van der Waals surface area (Å²) >= 11 is 0. The summed E-state index contributed by atoms with van der Waals surface area (Å²) in [5.41, 5.74) is 2.77. The summed E-state index contributed by atoms with van der Waals surface area (Å²) in [5.74, 6) is 5.37. The number of aromatic hydroxyl groups is 1. The third-order valence-corrected chi connectivity index (χ3v) is 4.84. The van der Waals surface area contributed by atoms with Crippen molar-refractivity contribution < 1.29 is 24.6 Å². The lowest BCUT2D eigenvalue weighted by Gasteiger charge is -2.23. The lowest BCUT2D eigenvalue weighted by Crippen LogP contribution is -2.29. The molecule has 3 aromatic carbocycles. The molecule has 0 aliphatic rings. The molecule has 0 fully saturated rings. The van der Waals surface area contributed by atoms with E-state index in [0.717, 1.165) is 11.1 Å². The highest BCUT2D eigenvalue weighted by Crippen LogP contribution is 2.23. The molecule has 0 aliphatic carbocycles. The van der Waals surface area contributed by atoms with Crippen molar-refractivity contribution in [3.8, 4) is 11.5 Å². The monoisotopic (exact) mass is 461 g/mol. The van der Waals surface area contributed by atoms with E-state index < -0.39 is 5.97 Å². The zero-order valence-electron chi connectivity index (χ0n) is 18.6. The Morgan fingerprint density at radius 2 is 1.79 bits per heavy atom. The first kappa shape index (κ1) is 24.3. The van der Waals surface area contributed by atoms with Crippen LogP contribution in [0.3, 0.4) is 0 Å². The highest BCUT2D eigenvalue weighted by Gasteiger charge is 2.13. The van der Waals surface area contributed by atoms with E-state index >= 15 is 0 Å². The Labute approximate surface area is 198 Å². The molecule has 0 spiro atoms. The number of hydrogen-bond acceptors (Lipinski definition) is 7. The van der Waals surface area contributed by atoms with Crippen molar-refractivity contribution in [2.24, 2.45) is 10.9 Å². The van der Waals surface area contributed by atoms with Gasteiger partial charge in [0, 0.05) is 36.0 Å². The molecule has 176 valence electrons. The fourth-order valence-electron chi connectivity index (χ4n) is 3.27. The Morgan fingerprint density at radius 1 is 1.03 bits per heavy atom. The molecule has 8 heteroatoms. The number of benzene rings is 3. The predicted octanol–water partition coefficient (Wildman–Crippen LogP) is 4.10. The second kappa shape index (κ2) is 12.1. The first-order chi connectivity index (χ1) is 16.4. The van der Waals surface area contributed by atoms with E-state index in [0.29, 0.717) is 36.7 Å². The maximum absolute atomic E-state index is 11.4. The van der Waals surface area contributed by atoms with Gasteiger partial charge in [0.25, 0.3) is 0 Å². The second-order valence-corrected chi connectivity index (χ2v) is 7.48. The summed E-state index contributed by atoms with van der Waals surface area (Å²) < 4.78 is 5.85. The fourth-order valence-corrected chi connectivity index (χ4v) is 3.27. The van der Waals surface area contributed by atoms with E-state index in [-0.39, 0.29) is 18.2 Å². The standard InChI is InChI=1S/C26H27N3O5/c1-19(28-26(34-27)21-8-3-2-4-9-21)13-14-33-24-12-5-7-20(15-24)17-29(18-25(31)32)22-10-6-11-23(30)16-22/h2-12,15-16,30H,1,13-14,17-18,27H2,(H,31,32)/b28-26-. The van der Waals surface area contributed by atoms with E-state index in [2.05, 4.69) is 11.6 Å². The fraction of sp³-hybridized carbons (Fsp3) is 0.154. The van der Waals surface area contributed by atoms with Crippen LogP contribution in [0.5, 0.6) is 11.5 Å². The first-order valence-electron chi connectivity index (χ1n) is 10.6. The molecule has 4 N–H and O–H groups in total. The van der Waals surface area contributed by atoms with Gasteiger partial charge in [0.05, 0.1) is 6.61 Å². The van der Waals surface area contributed by atoms with E-state index in [1.165, 1.54) is 12.1 Å². The molecule has 0 bridgehead atoms. The molecule has 0 amide bonds. The van der Waals surface area contributed by atoms with Gasteiger partial charge in [-0.25, -0.2) is 4.99 Å². The Kier molecular flexibility index (Phi) is 8.65. The summed E-state index contributed by atoms with van der Waals surface area (Å²) in [7, 11) is 0. The van der Waals surface area contributed by atoms with Gasteiger partial charge in [0.2, 0.25) is 5.90 Å². The Hall–Kier alpha value is -4.30. The summed E-state index contributed by atoms with van der Waals surface area (Å²) in [5, 5.41) is 19.1. The maximum Gasteiger partial charge on any atom is 0.323 e. The summed E-state index contributed by atoms with van der Waals surface area (Å²) in [6, 6.07) is 23.2. The molecule has 3 aromatic rings. The number of carbonyl (C=O) groups is 1. The summed E-state index contributed by atoms with van der Waals surface area (Å²) in [6.07, 6.45) is 0.457. The number of phenolic OH excluding ortho intramolecular Hbond substituents is 1. The average molecular weight is 462 g/mol. The Bertz CT molecular complexity index is 1150. The zero-order chi connectivity index (χ0) is 24.3. The lowest BCUT2D eigenvalue weighted by atomic mass is 10.1. The van der Waals surface area contributed by atoms with E-state index in [9.17, 15) is 15.0 Å². The molecule has 0 unspecified atom stereocenters. The number of ether oxygens (including phenoxy) is 1. The van der Waals surface area contributed by atoms with Crippen molar-refractivity contribution in [1.29, 1.82) is 0 Å². The van der Waals surface area contributed by atoms with Crippen LogP contribution in [-0.4, -0.2) is 35.2 Å². The van der Waals surface area contributed by atoms with Gasteiger partial charge in [-0.2, -0.15) is 5.90 Å². The van der Waals surface area contributed by atoms with Crippen LogP contribution in [-0.2, 0) is 16.2 Å². The number of hydrogen-bond donors (Lipinski definition) is 3. The predicted molar refractivity (Wildman–Crippen MR) is 131 cm³/mol. The third-order valence-electron chi connectivity index (χ3n) is 4.84. The number of nitrogens with two attached hydrogens (primary N) is 1. The number of aliphatic imine (C=N–C) groups is 1. The van der Waals surface area contributed by atoms with E-state index in [1.54, 1.807) is 17.0 Å². The van der Waals surface area contributed by atoms with Crippen LogP contribution in [0.25, 0.3) is 0 Å². The third kappa shape index (κ3) is 7.39. The van der Waals surface area contributed by atoms with Crippen molar-refractivity contribution in [3.05, 3.63) is 102 Å².